The van der Waals surface area contributed by atoms with Crippen LogP contribution in [0.1, 0.15) is 11.1 Å². The van der Waals surface area contributed by atoms with Gasteiger partial charge in [-0.1, -0.05) is 6.07 Å². The SMILES string of the molecule is Cc1ccc(N=C/C=C\N)cc1C. The lowest BCUT2D eigenvalue weighted by molar-refractivity contribution is 1.33. The lowest BCUT2D eigenvalue weighted by Gasteiger charge is -1.99. The van der Waals surface area contributed by atoms with Gasteiger partial charge in [0.1, 0.15) is 0 Å². The zero-order chi connectivity index (χ0) is 9.68. The molecule has 1 aromatic carbocycles. The third-order valence-corrected chi connectivity index (χ3v) is 1.91. The third-order valence-electron chi connectivity index (χ3n) is 1.91. The molecular weight excluding hydrogens is 160 g/mol. The number of nitrogens with zero attached hydrogens (tertiary/aromatic N) is 1. The minimum absolute atomic E-state index is 0.959. The van der Waals surface area contributed by atoms with E-state index in [2.05, 4.69) is 31.0 Å². The van der Waals surface area contributed by atoms with Gasteiger partial charge in [-0.3, -0.25) is 4.99 Å². The fraction of sp³-hybridized carbons (Fsp3) is 0.182. The van der Waals surface area contributed by atoms with Crippen molar-refractivity contribution in [3.05, 3.63) is 41.6 Å². The number of rotatable bonds is 2. The summed E-state index contributed by atoms with van der Waals surface area (Å²) in [4.78, 5) is 4.21. The molecule has 68 valence electrons. The molecule has 0 spiro atoms. The van der Waals surface area contributed by atoms with Gasteiger partial charge in [0.25, 0.3) is 0 Å². The van der Waals surface area contributed by atoms with Gasteiger partial charge >= 0.3 is 0 Å². The van der Waals surface area contributed by atoms with Crippen LogP contribution in [-0.2, 0) is 0 Å². The van der Waals surface area contributed by atoms with Crippen LogP contribution in [0, 0.1) is 13.8 Å². The Morgan fingerprint density at radius 2 is 2.00 bits per heavy atom. The van der Waals surface area contributed by atoms with E-state index in [0.29, 0.717) is 0 Å². The Bertz CT molecular complexity index is 338. The molecule has 0 aliphatic carbocycles. The summed E-state index contributed by atoms with van der Waals surface area (Å²) in [5, 5.41) is 0. The quantitative estimate of drug-likeness (QED) is 0.687. The second kappa shape index (κ2) is 4.45. The van der Waals surface area contributed by atoms with Crippen LogP contribution in [0.25, 0.3) is 0 Å². The first kappa shape index (κ1) is 9.52. The highest BCUT2D eigenvalue weighted by molar-refractivity contribution is 5.74. The molecule has 0 atom stereocenters. The van der Waals surface area contributed by atoms with E-state index in [1.807, 2.05) is 6.07 Å². The average molecular weight is 174 g/mol. The van der Waals surface area contributed by atoms with E-state index in [9.17, 15) is 0 Å². The lowest BCUT2D eigenvalue weighted by atomic mass is 10.1. The molecule has 1 rings (SSSR count). The van der Waals surface area contributed by atoms with Crippen LogP contribution in [-0.4, -0.2) is 6.21 Å². The van der Waals surface area contributed by atoms with Gasteiger partial charge in [-0.15, -0.1) is 0 Å². The van der Waals surface area contributed by atoms with Crippen LogP contribution in [0.5, 0.6) is 0 Å². The van der Waals surface area contributed by atoms with Crippen molar-refractivity contribution in [3.8, 4) is 0 Å². The summed E-state index contributed by atoms with van der Waals surface area (Å²) in [5.41, 5.74) is 8.68. The van der Waals surface area contributed by atoms with Crippen LogP contribution in [0.4, 0.5) is 5.69 Å². The second-order valence-electron chi connectivity index (χ2n) is 2.93. The van der Waals surface area contributed by atoms with Crippen LogP contribution in [0.2, 0.25) is 0 Å². The number of benzene rings is 1. The van der Waals surface area contributed by atoms with E-state index in [1.165, 1.54) is 17.3 Å². The molecule has 0 heterocycles. The van der Waals surface area contributed by atoms with E-state index in [-0.39, 0.29) is 0 Å². The first-order valence-electron chi connectivity index (χ1n) is 4.22. The van der Waals surface area contributed by atoms with E-state index < -0.39 is 0 Å². The van der Waals surface area contributed by atoms with Crippen molar-refractivity contribution in [2.45, 2.75) is 13.8 Å². The fourth-order valence-corrected chi connectivity index (χ4v) is 0.985. The average Bonchev–Trinajstić information content (AvgIpc) is 2.12. The van der Waals surface area contributed by atoms with Crippen molar-refractivity contribution in [1.29, 1.82) is 0 Å². The van der Waals surface area contributed by atoms with Crippen molar-refractivity contribution in [1.82, 2.24) is 0 Å². The largest absolute Gasteiger partial charge is 0.405 e. The van der Waals surface area contributed by atoms with E-state index in [4.69, 9.17) is 5.73 Å². The molecule has 1 aromatic rings. The molecule has 0 unspecified atom stereocenters. The number of allylic oxidation sites excluding steroid dienone is 1. The molecule has 0 fully saturated rings. The molecule has 13 heavy (non-hydrogen) atoms. The molecule has 0 saturated carbocycles. The highest BCUT2D eigenvalue weighted by atomic mass is 14.7. The summed E-state index contributed by atoms with van der Waals surface area (Å²) in [7, 11) is 0. The number of aliphatic imine (C=N–C) groups is 1. The molecule has 0 aliphatic rings. The monoisotopic (exact) mass is 174 g/mol. The van der Waals surface area contributed by atoms with Gasteiger partial charge in [0.05, 0.1) is 5.69 Å². The lowest BCUT2D eigenvalue weighted by Crippen LogP contribution is -1.79. The van der Waals surface area contributed by atoms with Crippen LogP contribution >= 0.6 is 0 Å². The highest BCUT2D eigenvalue weighted by Crippen LogP contribution is 2.16. The standard InChI is InChI=1S/C11H14N2/c1-9-4-5-11(8-10(9)2)13-7-3-6-12/h3-8H,12H2,1-2H3/b6-3-,13-7?. The van der Waals surface area contributed by atoms with Crippen molar-refractivity contribution in [2.75, 3.05) is 0 Å². The molecule has 2 nitrogen and oxygen atoms in total. The Hall–Kier alpha value is -1.57. The zero-order valence-corrected chi connectivity index (χ0v) is 7.99. The van der Waals surface area contributed by atoms with Crippen LogP contribution in [0.15, 0.2) is 35.5 Å². The number of hydrogen-bond donors (Lipinski definition) is 1. The molecule has 0 aliphatic heterocycles. The van der Waals surface area contributed by atoms with Gasteiger partial charge in [-0.2, -0.15) is 0 Å². The second-order valence-corrected chi connectivity index (χ2v) is 2.93. The van der Waals surface area contributed by atoms with Gasteiger partial charge < -0.3 is 5.73 Å². The first-order valence-corrected chi connectivity index (χ1v) is 4.22. The highest BCUT2D eigenvalue weighted by Gasteiger charge is 1.92. The topological polar surface area (TPSA) is 38.4 Å². The summed E-state index contributed by atoms with van der Waals surface area (Å²) in [6, 6.07) is 6.10. The summed E-state index contributed by atoms with van der Waals surface area (Å²) in [5.74, 6) is 0. The van der Waals surface area contributed by atoms with Gasteiger partial charge in [-0.05, 0) is 49.4 Å². The fourth-order valence-electron chi connectivity index (χ4n) is 0.985. The van der Waals surface area contributed by atoms with Gasteiger partial charge in [0, 0.05) is 6.21 Å². The maximum absolute atomic E-state index is 5.17. The molecule has 0 aromatic heterocycles. The van der Waals surface area contributed by atoms with Crippen molar-refractivity contribution in [3.63, 3.8) is 0 Å². The number of aryl methyl sites for hydroxylation is 2. The van der Waals surface area contributed by atoms with Crippen molar-refractivity contribution < 1.29 is 0 Å². The number of nitrogens with two attached hydrogens (primary N) is 1. The Kier molecular flexibility index (Phi) is 3.26. The maximum atomic E-state index is 5.17. The van der Waals surface area contributed by atoms with Gasteiger partial charge in [0.2, 0.25) is 0 Å². The molecular formula is C11H14N2. The first-order chi connectivity index (χ1) is 6.24. The predicted molar refractivity (Wildman–Crippen MR) is 57.4 cm³/mol. The van der Waals surface area contributed by atoms with Gasteiger partial charge in [0.15, 0.2) is 0 Å². The molecule has 2 heteroatoms. The van der Waals surface area contributed by atoms with Crippen molar-refractivity contribution in [2.24, 2.45) is 10.7 Å². The summed E-state index contributed by atoms with van der Waals surface area (Å²) in [6.45, 7) is 4.16. The summed E-state index contributed by atoms with van der Waals surface area (Å²) in [6.07, 6.45) is 4.85. The Morgan fingerprint density at radius 3 is 2.62 bits per heavy atom. The molecule has 0 saturated heterocycles. The number of hydrogen-bond acceptors (Lipinski definition) is 2. The van der Waals surface area contributed by atoms with Crippen molar-refractivity contribution >= 4 is 11.9 Å². The predicted octanol–water partition coefficient (Wildman–Crippen LogP) is 2.48. The van der Waals surface area contributed by atoms with Gasteiger partial charge in [-0.25, -0.2) is 0 Å². The third kappa shape index (κ3) is 2.75. The van der Waals surface area contributed by atoms with E-state index >= 15 is 0 Å². The Balaban J connectivity index is 2.85. The minimum atomic E-state index is 0.959. The Labute approximate surface area is 78.8 Å². The van der Waals surface area contributed by atoms with Crippen LogP contribution < -0.4 is 5.73 Å². The zero-order valence-electron chi connectivity index (χ0n) is 7.99. The minimum Gasteiger partial charge on any atom is -0.405 e. The molecule has 0 bridgehead atoms. The summed E-state index contributed by atoms with van der Waals surface area (Å²) >= 11 is 0. The maximum Gasteiger partial charge on any atom is 0.0632 e. The summed E-state index contributed by atoms with van der Waals surface area (Å²) < 4.78 is 0. The van der Waals surface area contributed by atoms with Crippen LogP contribution in [0.3, 0.4) is 0 Å². The Morgan fingerprint density at radius 1 is 1.23 bits per heavy atom. The van der Waals surface area contributed by atoms with E-state index in [0.717, 1.165) is 5.69 Å². The molecule has 2 N–H and O–H groups in total. The van der Waals surface area contributed by atoms with E-state index in [1.54, 1.807) is 12.3 Å². The normalized spacial score (nSPS) is 11.5. The molecule has 0 radical (unpaired) electrons. The molecule has 0 amide bonds. The smallest absolute Gasteiger partial charge is 0.0632 e.